The summed E-state index contributed by atoms with van der Waals surface area (Å²) in [5, 5.41) is 2.74. The van der Waals surface area contributed by atoms with E-state index < -0.39 is 0 Å². The lowest BCUT2D eigenvalue weighted by molar-refractivity contribution is -0.123. The number of furan rings is 1. The van der Waals surface area contributed by atoms with Crippen LogP contribution in [-0.4, -0.2) is 12.5 Å². The second kappa shape index (κ2) is 6.61. The molecule has 0 aliphatic heterocycles. The van der Waals surface area contributed by atoms with E-state index in [1.807, 2.05) is 18.2 Å². The zero-order valence-electron chi connectivity index (χ0n) is 10.5. The second-order valence-electron chi connectivity index (χ2n) is 4.01. The van der Waals surface area contributed by atoms with Gasteiger partial charge < -0.3 is 20.2 Å². The summed E-state index contributed by atoms with van der Waals surface area (Å²) in [6, 6.07) is 9.20. The Morgan fingerprint density at radius 2 is 2.16 bits per heavy atom. The van der Waals surface area contributed by atoms with Crippen LogP contribution in [0.25, 0.3) is 0 Å². The van der Waals surface area contributed by atoms with Crippen molar-refractivity contribution in [2.75, 3.05) is 6.61 Å². The van der Waals surface area contributed by atoms with E-state index in [1.54, 1.807) is 24.7 Å². The van der Waals surface area contributed by atoms with Crippen molar-refractivity contribution < 1.29 is 13.9 Å². The monoisotopic (exact) mass is 260 g/mol. The molecule has 0 unspecified atom stereocenters. The lowest BCUT2D eigenvalue weighted by Gasteiger charge is -2.10. The van der Waals surface area contributed by atoms with Gasteiger partial charge in [-0.05, 0) is 12.1 Å². The van der Waals surface area contributed by atoms with Gasteiger partial charge in [0.25, 0.3) is 5.91 Å². The zero-order chi connectivity index (χ0) is 13.5. The van der Waals surface area contributed by atoms with Gasteiger partial charge in [-0.15, -0.1) is 0 Å². The van der Waals surface area contributed by atoms with Crippen LogP contribution < -0.4 is 15.8 Å². The summed E-state index contributed by atoms with van der Waals surface area (Å²) < 4.78 is 10.4. The largest absolute Gasteiger partial charge is 0.483 e. The van der Waals surface area contributed by atoms with E-state index in [1.165, 1.54) is 0 Å². The van der Waals surface area contributed by atoms with Gasteiger partial charge in [-0.25, -0.2) is 0 Å². The number of rotatable bonds is 6. The molecule has 2 rings (SSSR count). The number of carbonyl (C=O) groups excluding carboxylic acids is 1. The van der Waals surface area contributed by atoms with Crippen molar-refractivity contribution in [2.24, 2.45) is 5.73 Å². The van der Waals surface area contributed by atoms with Crippen LogP contribution in [-0.2, 0) is 17.9 Å². The Hall–Kier alpha value is -2.27. The zero-order valence-corrected chi connectivity index (χ0v) is 10.5. The van der Waals surface area contributed by atoms with Gasteiger partial charge in [-0.3, -0.25) is 4.79 Å². The van der Waals surface area contributed by atoms with E-state index in [0.717, 1.165) is 11.1 Å². The number of para-hydroxylation sites is 1. The van der Waals surface area contributed by atoms with Crippen molar-refractivity contribution in [2.45, 2.75) is 13.1 Å². The van der Waals surface area contributed by atoms with Crippen molar-refractivity contribution >= 4 is 5.91 Å². The van der Waals surface area contributed by atoms with Gasteiger partial charge in [0.15, 0.2) is 6.61 Å². The molecule has 2 aromatic rings. The molecule has 100 valence electrons. The van der Waals surface area contributed by atoms with E-state index in [4.69, 9.17) is 14.9 Å². The molecule has 0 saturated carbocycles. The number of benzene rings is 1. The van der Waals surface area contributed by atoms with E-state index in [2.05, 4.69) is 5.32 Å². The molecule has 1 aromatic carbocycles. The fraction of sp³-hybridized carbons (Fsp3) is 0.214. The maximum absolute atomic E-state index is 11.6. The average Bonchev–Trinajstić information content (AvgIpc) is 2.96. The first-order valence-corrected chi connectivity index (χ1v) is 5.98. The minimum absolute atomic E-state index is 0.0329. The number of nitrogens with two attached hydrogens (primary N) is 1. The molecule has 1 amide bonds. The number of hydrogen-bond acceptors (Lipinski definition) is 4. The summed E-state index contributed by atoms with van der Waals surface area (Å²) in [4.78, 5) is 11.6. The van der Waals surface area contributed by atoms with Crippen LogP contribution in [0.5, 0.6) is 5.75 Å². The second-order valence-corrected chi connectivity index (χ2v) is 4.01. The number of hydrogen-bond donors (Lipinski definition) is 2. The highest BCUT2D eigenvalue weighted by Gasteiger charge is 2.05. The molecule has 0 aliphatic rings. The molecule has 1 heterocycles. The standard InChI is InChI=1S/C14H16N2O3/c15-7-12-3-1-2-4-13(12)19-10-14(17)16-8-11-5-6-18-9-11/h1-6,9H,7-8,10,15H2,(H,16,17). The molecule has 0 radical (unpaired) electrons. The highest BCUT2D eigenvalue weighted by Crippen LogP contribution is 2.16. The average molecular weight is 260 g/mol. The molecule has 3 N–H and O–H groups in total. The smallest absolute Gasteiger partial charge is 0.258 e. The molecule has 0 bridgehead atoms. The van der Waals surface area contributed by atoms with Crippen LogP contribution in [0.3, 0.4) is 0 Å². The molecule has 19 heavy (non-hydrogen) atoms. The first-order valence-electron chi connectivity index (χ1n) is 5.98. The molecule has 0 aliphatic carbocycles. The molecule has 5 nitrogen and oxygen atoms in total. The molecule has 5 heteroatoms. The van der Waals surface area contributed by atoms with Gasteiger partial charge >= 0.3 is 0 Å². The van der Waals surface area contributed by atoms with Crippen LogP contribution in [0, 0.1) is 0 Å². The topological polar surface area (TPSA) is 77.5 Å². The van der Waals surface area contributed by atoms with Crippen LogP contribution in [0.1, 0.15) is 11.1 Å². The third-order valence-electron chi connectivity index (χ3n) is 2.62. The first kappa shape index (κ1) is 13.2. The maximum Gasteiger partial charge on any atom is 0.258 e. The van der Waals surface area contributed by atoms with Crippen molar-refractivity contribution in [1.29, 1.82) is 0 Å². The number of amides is 1. The quantitative estimate of drug-likeness (QED) is 0.823. The summed E-state index contributed by atoms with van der Waals surface area (Å²) in [6.45, 7) is 0.777. The van der Waals surface area contributed by atoms with Crippen LogP contribution in [0.2, 0.25) is 0 Å². The lowest BCUT2D eigenvalue weighted by atomic mass is 10.2. The Labute approximate surface area is 111 Å². The van der Waals surface area contributed by atoms with Gasteiger partial charge in [0.2, 0.25) is 0 Å². The van der Waals surface area contributed by atoms with E-state index in [0.29, 0.717) is 18.8 Å². The fourth-order valence-electron chi connectivity index (χ4n) is 1.60. The molecule has 0 saturated heterocycles. The Morgan fingerprint density at radius 1 is 1.32 bits per heavy atom. The number of carbonyl (C=O) groups is 1. The normalized spacial score (nSPS) is 10.2. The lowest BCUT2D eigenvalue weighted by Crippen LogP contribution is -2.28. The van der Waals surface area contributed by atoms with Crippen LogP contribution in [0.4, 0.5) is 0 Å². The van der Waals surface area contributed by atoms with Crippen molar-refractivity contribution in [1.82, 2.24) is 5.32 Å². The van der Waals surface area contributed by atoms with E-state index in [9.17, 15) is 4.79 Å². The predicted octanol–water partition coefficient (Wildman–Crippen LogP) is 1.43. The van der Waals surface area contributed by atoms with Gasteiger partial charge in [0.1, 0.15) is 5.75 Å². The molecule has 0 spiro atoms. The highest BCUT2D eigenvalue weighted by molar-refractivity contribution is 5.77. The molecule has 0 fully saturated rings. The Bertz CT molecular complexity index is 523. The fourth-order valence-corrected chi connectivity index (χ4v) is 1.60. The van der Waals surface area contributed by atoms with E-state index in [-0.39, 0.29) is 12.5 Å². The van der Waals surface area contributed by atoms with Crippen LogP contribution >= 0.6 is 0 Å². The first-order chi connectivity index (χ1) is 9.29. The number of nitrogens with one attached hydrogen (secondary N) is 1. The van der Waals surface area contributed by atoms with Gasteiger partial charge in [0.05, 0.1) is 12.5 Å². The summed E-state index contributed by atoms with van der Waals surface area (Å²) in [5.41, 5.74) is 7.38. The minimum Gasteiger partial charge on any atom is -0.483 e. The minimum atomic E-state index is -0.187. The Morgan fingerprint density at radius 3 is 2.89 bits per heavy atom. The van der Waals surface area contributed by atoms with Gasteiger partial charge in [-0.1, -0.05) is 18.2 Å². The summed E-state index contributed by atoms with van der Waals surface area (Å²) in [5.74, 6) is 0.455. The molecular weight excluding hydrogens is 244 g/mol. The van der Waals surface area contributed by atoms with E-state index >= 15 is 0 Å². The molecule has 0 atom stereocenters. The summed E-state index contributed by atoms with van der Waals surface area (Å²) >= 11 is 0. The molecule has 1 aromatic heterocycles. The van der Waals surface area contributed by atoms with Gasteiger partial charge in [0, 0.05) is 24.2 Å². The van der Waals surface area contributed by atoms with Crippen LogP contribution in [0.15, 0.2) is 47.3 Å². The Kier molecular flexibility index (Phi) is 4.58. The third-order valence-corrected chi connectivity index (χ3v) is 2.62. The predicted molar refractivity (Wildman–Crippen MR) is 70.4 cm³/mol. The summed E-state index contributed by atoms with van der Waals surface area (Å²) in [6.07, 6.45) is 3.15. The van der Waals surface area contributed by atoms with Crippen molar-refractivity contribution in [3.05, 3.63) is 54.0 Å². The highest BCUT2D eigenvalue weighted by atomic mass is 16.5. The Balaban J connectivity index is 1.80. The third kappa shape index (κ3) is 3.86. The summed E-state index contributed by atoms with van der Waals surface area (Å²) in [7, 11) is 0. The molecular formula is C14H16N2O3. The van der Waals surface area contributed by atoms with Crippen molar-refractivity contribution in [3.8, 4) is 5.75 Å². The van der Waals surface area contributed by atoms with Crippen molar-refractivity contribution in [3.63, 3.8) is 0 Å². The van der Waals surface area contributed by atoms with Gasteiger partial charge in [-0.2, -0.15) is 0 Å². The maximum atomic E-state index is 11.6. The number of ether oxygens (including phenoxy) is 1. The SMILES string of the molecule is NCc1ccccc1OCC(=O)NCc1ccoc1.